The van der Waals surface area contributed by atoms with Gasteiger partial charge in [0.25, 0.3) is 10.0 Å². The smallest absolute Gasteiger partial charge is 0.264 e. The van der Waals surface area contributed by atoms with Gasteiger partial charge in [-0.15, -0.1) is 0 Å². The maximum atomic E-state index is 13.5. The molecule has 2 atom stereocenters. The van der Waals surface area contributed by atoms with Gasteiger partial charge in [0.05, 0.1) is 17.1 Å². The van der Waals surface area contributed by atoms with Crippen molar-refractivity contribution in [3.05, 3.63) is 77.5 Å². The zero-order valence-corrected chi connectivity index (χ0v) is 17.9. The van der Waals surface area contributed by atoms with Crippen molar-refractivity contribution in [1.82, 2.24) is 4.31 Å². The standard InChI is InChI=1S/C24H27NO3S/c1-4-24(5-2)20-15-21(23(26)22(20)24)25(16-18-9-7-6-8-10-18)29(27,28)19-13-11-17(3)12-14-19/h6-15,20,22H,4-5,16H2,1-3H3/t20-,22-/m0/s1. The quantitative estimate of drug-likeness (QED) is 0.666. The molecular formula is C24H27NO3S. The van der Waals surface area contributed by atoms with Gasteiger partial charge in [0, 0.05) is 5.92 Å². The van der Waals surface area contributed by atoms with Crippen molar-refractivity contribution < 1.29 is 13.2 Å². The van der Waals surface area contributed by atoms with Gasteiger partial charge < -0.3 is 0 Å². The number of aryl methyl sites for hydroxylation is 1. The van der Waals surface area contributed by atoms with Crippen LogP contribution < -0.4 is 0 Å². The third-order valence-corrected chi connectivity index (χ3v) is 8.54. The largest absolute Gasteiger partial charge is 0.292 e. The minimum Gasteiger partial charge on any atom is -0.292 e. The van der Waals surface area contributed by atoms with E-state index in [0.717, 1.165) is 24.0 Å². The summed E-state index contributed by atoms with van der Waals surface area (Å²) < 4.78 is 28.4. The first-order chi connectivity index (χ1) is 13.8. The molecule has 0 aliphatic heterocycles. The molecule has 1 saturated carbocycles. The van der Waals surface area contributed by atoms with Crippen LogP contribution in [0.15, 0.2) is 71.3 Å². The fraction of sp³-hybridized carbons (Fsp3) is 0.375. The van der Waals surface area contributed by atoms with Crippen molar-refractivity contribution in [3.63, 3.8) is 0 Å². The van der Waals surface area contributed by atoms with Gasteiger partial charge in [-0.2, -0.15) is 0 Å². The number of allylic oxidation sites excluding steroid dienone is 2. The average molecular weight is 410 g/mol. The average Bonchev–Trinajstić information content (AvgIpc) is 3.25. The number of rotatable bonds is 7. The molecule has 2 aliphatic rings. The Morgan fingerprint density at radius 3 is 2.10 bits per heavy atom. The molecule has 29 heavy (non-hydrogen) atoms. The molecule has 0 aromatic heterocycles. The van der Waals surface area contributed by atoms with Crippen LogP contribution in [0.2, 0.25) is 0 Å². The molecule has 0 radical (unpaired) electrons. The fourth-order valence-electron chi connectivity index (χ4n) is 4.88. The summed E-state index contributed by atoms with van der Waals surface area (Å²) in [5, 5.41) is 0. The summed E-state index contributed by atoms with van der Waals surface area (Å²) in [7, 11) is -3.84. The van der Waals surface area contributed by atoms with Gasteiger partial charge in [-0.25, -0.2) is 8.42 Å². The first-order valence-electron chi connectivity index (χ1n) is 10.2. The van der Waals surface area contributed by atoms with E-state index in [2.05, 4.69) is 13.8 Å². The highest BCUT2D eigenvalue weighted by molar-refractivity contribution is 7.89. The number of carbonyl (C=O) groups is 1. The van der Waals surface area contributed by atoms with Crippen LogP contribution in [0, 0.1) is 24.2 Å². The van der Waals surface area contributed by atoms with E-state index in [1.54, 1.807) is 24.3 Å². The lowest BCUT2D eigenvalue weighted by molar-refractivity contribution is -0.118. The summed E-state index contributed by atoms with van der Waals surface area (Å²) in [5.41, 5.74) is 2.20. The lowest BCUT2D eigenvalue weighted by Crippen LogP contribution is -2.34. The number of sulfonamides is 1. The molecule has 0 spiro atoms. The molecule has 0 heterocycles. The number of Topliss-reactive ketones (excluding diaryl/α,β-unsaturated/α-hetero) is 1. The number of carbonyl (C=O) groups excluding carboxylic acids is 1. The zero-order valence-electron chi connectivity index (χ0n) is 17.1. The number of ketones is 1. The van der Waals surface area contributed by atoms with Crippen LogP contribution in [0.1, 0.15) is 37.8 Å². The molecule has 0 saturated heterocycles. The second kappa shape index (κ2) is 7.13. The molecule has 2 aromatic carbocycles. The van der Waals surface area contributed by atoms with Crippen LogP contribution in [-0.4, -0.2) is 18.5 Å². The summed E-state index contributed by atoms with van der Waals surface area (Å²) in [6, 6.07) is 16.2. The number of nitrogens with zero attached hydrogens (tertiary/aromatic N) is 1. The number of hydrogen-bond donors (Lipinski definition) is 0. The summed E-state index contributed by atoms with van der Waals surface area (Å²) in [4.78, 5) is 13.5. The lowest BCUT2D eigenvalue weighted by atomic mass is 9.91. The number of hydrogen-bond acceptors (Lipinski definition) is 3. The zero-order chi connectivity index (χ0) is 20.8. The van der Waals surface area contributed by atoms with E-state index >= 15 is 0 Å². The van der Waals surface area contributed by atoms with Crippen molar-refractivity contribution in [1.29, 1.82) is 0 Å². The minimum absolute atomic E-state index is 0.0205. The van der Waals surface area contributed by atoms with Crippen LogP contribution in [0.25, 0.3) is 0 Å². The van der Waals surface area contributed by atoms with E-state index in [9.17, 15) is 13.2 Å². The number of benzene rings is 2. The topological polar surface area (TPSA) is 54.5 Å². The Hall–Kier alpha value is -2.40. The second-order valence-corrected chi connectivity index (χ2v) is 10.0. The van der Waals surface area contributed by atoms with Gasteiger partial charge >= 0.3 is 0 Å². The third-order valence-electron chi connectivity index (χ3n) is 6.77. The Balaban J connectivity index is 1.75. The predicted octanol–water partition coefficient (Wildman–Crippen LogP) is 4.70. The summed E-state index contributed by atoms with van der Waals surface area (Å²) in [6.45, 7) is 6.31. The number of fused-ring (bicyclic) bond motifs is 1. The van der Waals surface area contributed by atoms with Crippen molar-refractivity contribution in [2.24, 2.45) is 17.3 Å². The molecule has 0 amide bonds. The van der Waals surface area contributed by atoms with Crippen molar-refractivity contribution in [2.45, 2.75) is 45.1 Å². The molecule has 0 unspecified atom stereocenters. The lowest BCUT2D eigenvalue weighted by Gasteiger charge is -2.27. The summed E-state index contributed by atoms with van der Waals surface area (Å²) in [6.07, 6.45) is 3.81. The predicted molar refractivity (Wildman–Crippen MR) is 113 cm³/mol. The van der Waals surface area contributed by atoms with E-state index < -0.39 is 10.0 Å². The molecule has 2 aliphatic carbocycles. The summed E-state index contributed by atoms with van der Waals surface area (Å²) in [5.74, 6) is 0.0656. The highest BCUT2D eigenvalue weighted by Crippen LogP contribution is 2.68. The highest BCUT2D eigenvalue weighted by atomic mass is 32.2. The minimum atomic E-state index is -3.84. The van der Waals surface area contributed by atoms with Crippen molar-refractivity contribution >= 4 is 15.8 Å². The monoisotopic (exact) mass is 409 g/mol. The normalized spacial score (nSPS) is 22.2. The molecule has 2 aromatic rings. The van der Waals surface area contributed by atoms with Crippen LogP contribution in [0.5, 0.6) is 0 Å². The molecule has 152 valence electrons. The molecule has 0 bridgehead atoms. The van der Waals surface area contributed by atoms with Gasteiger partial charge in [-0.1, -0.05) is 68.0 Å². The van der Waals surface area contributed by atoms with E-state index in [4.69, 9.17) is 0 Å². The third kappa shape index (κ3) is 3.12. The van der Waals surface area contributed by atoms with Gasteiger partial charge in [-0.3, -0.25) is 9.10 Å². The van der Waals surface area contributed by atoms with E-state index in [0.29, 0.717) is 5.70 Å². The molecule has 5 heteroatoms. The van der Waals surface area contributed by atoms with Crippen LogP contribution in [0.4, 0.5) is 0 Å². The van der Waals surface area contributed by atoms with Gasteiger partial charge in [0.2, 0.25) is 0 Å². The van der Waals surface area contributed by atoms with Crippen LogP contribution in [0.3, 0.4) is 0 Å². The Labute approximate surface area is 173 Å². The molecule has 4 nitrogen and oxygen atoms in total. The van der Waals surface area contributed by atoms with Crippen LogP contribution in [-0.2, 0) is 21.4 Å². The Bertz CT molecular complexity index is 1050. The second-order valence-electron chi connectivity index (χ2n) is 8.17. The highest BCUT2D eigenvalue weighted by Gasteiger charge is 2.68. The SMILES string of the molecule is CCC1(CC)[C@@H]2C(=O)C(N(Cc3ccccc3)S(=O)(=O)c3ccc(C)cc3)=C[C@@H]21. The van der Waals surface area contributed by atoms with Crippen molar-refractivity contribution in [2.75, 3.05) is 0 Å². The maximum absolute atomic E-state index is 13.5. The molecular weight excluding hydrogens is 382 g/mol. The summed E-state index contributed by atoms with van der Waals surface area (Å²) >= 11 is 0. The van der Waals surface area contributed by atoms with Gasteiger partial charge in [0.15, 0.2) is 5.78 Å². The van der Waals surface area contributed by atoms with Gasteiger partial charge in [0.1, 0.15) is 0 Å². The fourth-order valence-corrected chi connectivity index (χ4v) is 6.34. The van der Waals surface area contributed by atoms with E-state index in [-0.39, 0.29) is 34.5 Å². The molecule has 4 rings (SSSR count). The van der Waals surface area contributed by atoms with Crippen LogP contribution >= 0.6 is 0 Å². The maximum Gasteiger partial charge on any atom is 0.264 e. The van der Waals surface area contributed by atoms with Gasteiger partial charge in [-0.05, 0) is 48.8 Å². The van der Waals surface area contributed by atoms with Crippen molar-refractivity contribution in [3.8, 4) is 0 Å². The Morgan fingerprint density at radius 2 is 1.59 bits per heavy atom. The molecule has 0 N–H and O–H groups in total. The first kappa shape index (κ1) is 19.9. The first-order valence-corrected chi connectivity index (χ1v) is 11.7. The van der Waals surface area contributed by atoms with E-state index in [1.165, 1.54) is 4.31 Å². The molecule has 1 fully saturated rings. The van der Waals surface area contributed by atoms with E-state index in [1.807, 2.05) is 43.3 Å². The Kier molecular flexibility index (Phi) is 4.89. The Morgan fingerprint density at radius 1 is 0.966 bits per heavy atom.